The van der Waals surface area contributed by atoms with Gasteiger partial charge in [-0.25, -0.2) is 0 Å². The normalized spacial score (nSPS) is 30.2. The molecule has 9 nitrogen and oxygen atoms in total. The summed E-state index contributed by atoms with van der Waals surface area (Å²) in [5.41, 5.74) is 6.59. The van der Waals surface area contributed by atoms with E-state index in [-0.39, 0.29) is 42.8 Å². The largest absolute Gasteiger partial charge is 0.507 e. The van der Waals surface area contributed by atoms with Crippen molar-refractivity contribution in [3.63, 3.8) is 0 Å². The molecule has 0 aromatic heterocycles. The van der Waals surface area contributed by atoms with Gasteiger partial charge in [0.2, 0.25) is 6.79 Å². The van der Waals surface area contributed by atoms with Gasteiger partial charge < -0.3 is 33.9 Å². The Bertz CT molecular complexity index is 1450. The van der Waals surface area contributed by atoms with Gasteiger partial charge in [-0.15, -0.1) is 0 Å². The van der Waals surface area contributed by atoms with Gasteiger partial charge in [0.25, 0.3) is 0 Å². The van der Waals surface area contributed by atoms with E-state index >= 15 is 0 Å². The smallest absolute Gasteiger partial charge is 0.231 e. The number of aliphatic hydroxyl groups is 1. The second-order valence-corrected chi connectivity index (χ2v) is 12.1. The third-order valence-corrected chi connectivity index (χ3v) is 10.2. The molecule has 224 valence electrons. The summed E-state index contributed by atoms with van der Waals surface area (Å²) in [6.45, 7) is 5.67. The van der Waals surface area contributed by atoms with E-state index in [4.69, 9.17) is 23.7 Å². The van der Waals surface area contributed by atoms with Gasteiger partial charge in [0, 0.05) is 48.0 Å². The molecule has 2 unspecified atom stereocenters. The number of likely N-dealkylation sites (N-methyl/N-ethyl adjacent to an activating group) is 1. The van der Waals surface area contributed by atoms with Gasteiger partial charge >= 0.3 is 0 Å². The third-order valence-electron chi connectivity index (χ3n) is 10.2. The van der Waals surface area contributed by atoms with Crippen molar-refractivity contribution >= 4 is 0 Å². The van der Waals surface area contributed by atoms with Crippen LogP contribution in [0.1, 0.15) is 41.6 Å². The van der Waals surface area contributed by atoms with Crippen molar-refractivity contribution in [3.05, 3.63) is 75.1 Å². The van der Waals surface area contributed by atoms with Crippen LogP contribution in [0.2, 0.25) is 0 Å². The molecular formula is C33H40N2O7. The lowest BCUT2D eigenvalue weighted by Crippen LogP contribution is -2.69. The summed E-state index contributed by atoms with van der Waals surface area (Å²) in [5, 5.41) is 23.1. The fraction of sp³-hybridized carbons (Fsp3) is 0.515. The quantitative estimate of drug-likeness (QED) is 0.501. The number of piperazine rings is 1. The van der Waals surface area contributed by atoms with E-state index in [0.29, 0.717) is 36.7 Å². The van der Waals surface area contributed by atoms with Gasteiger partial charge in [0.15, 0.2) is 11.5 Å². The number of benzene rings is 2. The number of aromatic hydroxyl groups is 1. The van der Waals surface area contributed by atoms with Crippen molar-refractivity contribution in [2.24, 2.45) is 0 Å². The van der Waals surface area contributed by atoms with Gasteiger partial charge in [-0.1, -0.05) is 30.3 Å². The molecule has 4 aliphatic heterocycles. The number of methoxy groups -OCH3 is 2. The summed E-state index contributed by atoms with van der Waals surface area (Å²) < 4.78 is 30.3. The molecule has 9 heteroatoms. The van der Waals surface area contributed by atoms with Gasteiger partial charge in [0.1, 0.15) is 17.6 Å². The molecule has 0 amide bonds. The molecule has 0 saturated carbocycles. The summed E-state index contributed by atoms with van der Waals surface area (Å²) in [5.74, 6) is 2.28. The number of hydrogen-bond donors (Lipinski definition) is 2. The highest BCUT2D eigenvalue weighted by molar-refractivity contribution is 5.65. The van der Waals surface area contributed by atoms with Crippen molar-refractivity contribution in [1.29, 1.82) is 0 Å². The number of hydrogen-bond acceptors (Lipinski definition) is 9. The van der Waals surface area contributed by atoms with Crippen LogP contribution in [0.25, 0.3) is 0 Å². The minimum atomic E-state index is -0.697. The van der Waals surface area contributed by atoms with Crippen molar-refractivity contribution in [1.82, 2.24) is 9.80 Å². The van der Waals surface area contributed by atoms with Crippen LogP contribution in [0, 0.1) is 6.92 Å². The minimum Gasteiger partial charge on any atom is -0.507 e. The molecule has 1 aliphatic carbocycles. The molecule has 5 aliphatic rings. The predicted octanol–water partition coefficient (Wildman–Crippen LogP) is 3.61. The molecule has 2 bridgehead atoms. The highest BCUT2D eigenvalue weighted by Gasteiger charge is 2.55. The third kappa shape index (κ3) is 4.02. The van der Waals surface area contributed by atoms with E-state index in [1.807, 2.05) is 32.0 Å². The molecule has 7 rings (SSSR count). The molecule has 2 aromatic rings. The highest BCUT2D eigenvalue weighted by atomic mass is 16.7. The van der Waals surface area contributed by atoms with Crippen molar-refractivity contribution in [3.8, 4) is 17.2 Å². The number of aliphatic hydroxyl groups excluding tert-OH is 1. The standard InChI is InChI=1S/C33H40N2O7/c1-17-28(36)21-11-20-13-35-23(27(34(20)3)26(21)32(39-5)30(17)38-4)12-22-25(33-31(41-16-42-33)18(2)29(22)37)24(35)15-40-14-19-9-7-6-8-10-19/h6-10,20,23-24,27-28,32,36-37H,11-16H2,1-5H3/t20-,23-,24+,27-,28?,32?/m0/s1. The summed E-state index contributed by atoms with van der Waals surface area (Å²) in [7, 11) is 5.53. The van der Waals surface area contributed by atoms with Crippen LogP contribution in [0.5, 0.6) is 17.2 Å². The lowest BCUT2D eigenvalue weighted by molar-refractivity contribution is -0.0677. The first-order chi connectivity index (χ1) is 20.3. The molecule has 0 radical (unpaired) electrons. The molecule has 42 heavy (non-hydrogen) atoms. The van der Waals surface area contributed by atoms with Gasteiger partial charge in [-0.05, 0) is 50.4 Å². The Kier molecular flexibility index (Phi) is 6.98. The average molecular weight is 577 g/mol. The Balaban J connectivity index is 1.33. The van der Waals surface area contributed by atoms with Crippen LogP contribution in [0.15, 0.2) is 52.8 Å². The number of fused-ring (bicyclic) bond motifs is 8. The molecule has 1 saturated heterocycles. The van der Waals surface area contributed by atoms with Crippen molar-refractivity contribution in [2.45, 2.75) is 69.7 Å². The van der Waals surface area contributed by atoms with Gasteiger partial charge in [-0.2, -0.15) is 0 Å². The first-order valence-electron chi connectivity index (χ1n) is 14.8. The Hall–Kier alpha value is -3.08. The summed E-state index contributed by atoms with van der Waals surface area (Å²) in [6.07, 6.45) is 0.270. The zero-order chi connectivity index (χ0) is 29.3. The molecule has 1 fully saturated rings. The van der Waals surface area contributed by atoms with Crippen LogP contribution in [0.4, 0.5) is 0 Å². The van der Waals surface area contributed by atoms with Crippen LogP contribution >= 0.6 is 0 Å². The molecular weight excluding hydrogens is 536 g/mol. The maximum absolute atomic E-state index is 11.6. The van der Waals surface area contributed by atoms with E-state index in [9.17, 15) is 10.2 Å². The zero-order valence-electron chi connectivity index (χ0n) is 24.9. The van der Waals surface area contributed by atoms with Crippen LogP contribution < -0.4 is 9.47 Å². The monoisotopic (exact) mass is 576 g/mol. The van der Waals surface area contributed by atoms with E-state index in [2.05, 4.69) is 29.0 Å². The molecule has 6 atom stereocenters. The number of ether oxygens (including phenoxy) is 5. The van der Waals surface area contributed by atoms with E-state index in [1.165, 1.54) is 0 Å². The fourth-order valence-electron chi connectivity index (χ4n) is 8.14. The zero-order valence-corrected chi connectivity index (χ0v) is 24.9. The number of phenols is 1. The second-order valence-electron chi connectivity index (χ2n) is 12.1. The summed E-state index contributed by atoms with van der Waals surface area (Å²) in [6, 6.07) is 10.2. The maximum Gasteiger partial charge on any atom is 0.231 e. The van der Waals surface area contributed by atoms with Crippen molar-refractivity contribution in [2.75, 3.05) is 41.2 Å². The van der Waals surface area contributed by atoms with Gasteiger partial charge in [-0.3, -0.25) is 9.80 Å². The van der Waals surface area contributed by atoms with Crippen molar-refractivity contribution < 1.29 is 33.9 Å². The minimum absolute atomic E-state index is 0.00130. The Morgan fingerprint density at radius 2 is 1.81 bits per heavy atom. The molecule has 2 N–H and O–H groups in total. The van der Waals surface area contributed by atoms with Gasteiger partial charge in [0.05, 0.1) is 38.5 Å². The number of phenolic OH excluding ortho intramolecular Hbond substituents is 1. The van der Waals surface area contributed by atoms with E-state index < -0.39 is 6.10 Å². The lowest BCUT2D eigenvalue weighted by Gasteiger charge is -2.59. The van der Waals surface area contributed by atoms with Crippen LogP contribution in [0.3, 0.4) is 0 Å². The maximum atomic E-state index is 11.6. The highest BCUT2D eigenvalue weighted by Crippen LogP contribution is 2.55. The number of nitrogens with zero attached hydrogens (tertiary/aromatic N) is 2. The molecule has 2 aromatic carbocycles. The van der Waals surface area contributed by atoms with E-state index in [1.54, 1.807) is 14.2 Å². The average Bonchev–Trinajstić information content (AvgIpc) is 3.48. The summed E-state index contributed by atoms with van der Waals surface area (Å²) >= 11 is 0. The Labute approximate surface area is 246 Å². The van der Waals surface area contributed by atoms with Crippen LogP contribution in [-0.4, -0.2) is 91.6 Å². The number of rotatable bonds is 6. The Morgan fingerprint density at radius 3 is 2.55 bits per heavy atom. The Morgan fingerprint density at radius 1 is 1.05 bits per heavy atom. The van der Waals surface area contributed by atoms with Crippen LogP contribution in [-0.2, 0) is 27.2 Å². The molecule has 4 heterocycles. The fourth-order valence-corrected chi connectivity index (χ4v) is 8.14. The topological polar surface area (TPSA) is 93.1 Å². The second kappa shape index (κ2) is 10.6. The lowest BCUT2D eigenvalue weighted by atomic mass is 9.69. The van der Waals surface area contributed by atoms with E-state index in [0.717, 1.165) is 52.1 Å². The SMILES string of the molecule is COC1=C(C)C(O)C2=C(C1OC)[C@@H]1[C@@H]3Cc4c(O)c(C)c5c(c4[C@@H](COCc4ccccc4)N3C[C@H](C2)N1C)OCO5. The summed E-state index contributed by atoms with van der Waals surface area (Å²) in [4.78, 5) is 4.98. The first-order valence-corrected chi connectivity index (χ1v) is 14.8. The molecule has 0 spiro atoms. The predicted molar refractivity (Wildman–Crippen MR) is 155 cm³/mol. The first kappa shape index (κ1) is 27.7.